The molecular weight excluding hydrogens is 160 g/mol. The molecule has 0 aromatic rings. The summed E-state index contributed by atoms with van der Waals surface area (Å²) in [6.45, 7) is 1.21. The van der Waals surface area contributed by atoms with Crippen LogP contribution in [0.15, 0.2) is 0 Å². The van der Waals surface area contributed by atoms with Crippen LogP contribution >= 0.6 is 12.4 Å². The van der Waals surface area contributed by atoms with Crippen LogP contribution in [0.5, 0.6) is 0 Å². The van der Waals surface area contributed by atoms with Crippen molar-refractivity contribution in [2.75, 3.05) is 19.9 Å². The minimum Gasteiger partial charge on any atom is -0.313 e. The Balaban J connectivity index is 0.000000810. The van der Waals surface area contributed by atoms with Gasteiger partial charge < -0.3 is 5.32 Å². The largest absolute Gasteiger partial charge is 0.313 e. The van der Waals surface area contributed by atoms with Crippen LogP contribution in [0.2, 0.25) is 0 Å². The van der Waals surface area contributed by atoms with Crippen LogP contribution in [0.1, 0.15) is 6.92 Å². The van der Waals surface area contributed by atoms with Crippen molar-refractivity contribution in [3.63, 3.8) is 0 Å². The summed E-state index contributed by atoms with van der Waals surface area (Å²) >= 11 is 0. The second-order valence-electron chi connectivity index (χ2n) is 2.73. The Morgan fingerprint density at radius 1 is 1.50 bits per heavy atom. The van der Waals surface area contributed by atoms with Crippen LogP contribution in [-0.2, 0) is 0 Å². The molecule has 4 heteroatoms. The minimum atomic E-state index is -0.681. The van der Waals surface area contributed by atoms with E-state index in [1.165, 1.54) is 0 Å². The summed E-state index contributed by atoms with van der Waals surface area (Å²) in [6, 6.07) is 0.00694. The van der Waals surface area contributed by atoms with Gasteiger partial charge in [-0.05, 0) is 6.92 Å². The predicted octanol–water partition coefficient (Wildman–Crippen LogP) is 1.33. The van der Waals surface area contributed by atoms with Gasteiger partial charge in [-0.3, -0.25) is 8.78 Å². The molecule has 0 aromatic carbocycles. The van der Waals surface area contributed by atoms with Gasteiger partial charge in [-0.15, -0.1) is 12.4 Å². The van der Waals surface area contributed by atoms with E-state index in [2.05, 4.69) is 5.32 Å². The molecule has 1 N–H and O–H groups in total. The Morgan fingerprint density at radius 2 is 2.00 bits per heavy atom. The summed E-state index contributed by atoms with van der Waals surface area (Å²) < 4.78 is 24.1. The lowest BCUT2D eigenvalue weighted by atomic mass is 9.77. The van der Waals surface area contributed by atoms with Crippen molar-refractivity contribution in [1.82, 2.24) is 5.32 Å². The van der Waals surface area contributed by atoms with E-state index >= 15 is 0 Å². The van der Waals surface area contributed by atoms with Gasteiger partial charge in [0, 0.05) is 12.6 Å². The molecule has 1 aliphatic heterocycles. The van der Waals surface area contributed by atoms with Crippen LogP contribution in [-0.4, -0.2) is 25.9 Å². The molecule has 1 atom stereocenters. The van der Waals surface area contributed by atoms with Gasteiger partial charge in [-0.1, -0.05) is 0 Å². The van der Waals surface area contributed by atoms with Crippen molar-refractivity contribution in [2.24, 2.45) is 5.41 Å². The van der Waals surface area contributed by atoms with Gasteiger partial charge in [0.2, 0.25) is 0 Å². The summed E-state index contributed by atoms with van der Waals surface area (Å²) in [5.41, 5.74) is -0.681. The molecule has 0 amide bonds. The van der Waals surface area contributed by atoms with E-state index in [1.807, 2.05) is 6.92 Å². The summed E-state index contributed by atoms with van der Waals surface area (Å²) in [5.74, 6) is 0. The third-order valence-electron chi connectivity index (χ3n) is 2.21. The molecule has 0 bridgehead atoms. The maximum absolute atomic E-state index is 12.1. The van der Waals surface area contributed by atoms with Crippen molar-refractivity contribution < 1.29 is 8.78 Å². The number of alkyl halides is 2. The van der Waals surface area contributed by atoms with E-state index in [9.17, 15) is 8.78 Å². The standard InChI is InChI=1S/C6H11F2N.ClH/c1-5-6(2-7,3-8)4-9-5;/h5,9H,2-4H2,1H3;1H. The molecule has 0 radical (unpaired) electrons. The van der Waals surface area contributed by atoms with E-state index < -0.39 is 18.8 Å². The Bertz CT molecular complexity index is 100. The van der Waals surface area contributed by atoms with Gasteiger partial charge >= 0.3 is 0 Å². The number of nitrogens with one attached hydrogen (secondary N) is 1. The molecule has 0 saturated carbocycles. The fraction of sp³-hybridized carbons (Fsp3) is 1.00. The fourth-order valence-electron chi connectivity index (χ4n) is 0.957. The highest BCUT2D eigenvalue weighted by Gasteiger charge is 2.44. The first-order valence-corrected chi connectivity index (χ1v) is 3.10. The third kappa shape index (κ3) is 1.25. The van der Waals surface area contributed by atoms with Crippen LogP contribution in [0.3, 0.4) is 0 Å². The predicted molar refractivity (Wildman–Crippen MR) is 39.1 cm³/mol. The lowest BCUT2D eigenvalue weighted by Crippen LogP contribution is -2.63. The van der Waals surface area contributed by atoms with Gasteiger partial charge in [0.1, 0.15) is 13.3 Å². The number of halogens is 3. The van der Waals surface area contributed by atoms with E-state index in [4.69, 9.17) is 0 Å². The molecule has 1 rings (SSSR count). The second-order valence-corrected chi connectivity index (χ2v) is 2.73. The molecule has 0 aliphatic carbocycles. The van der Waals surface area contributed by atoms with Crippen molar-refractivity contribution in [3.05, 3.63) is 0 Å². The van der Waals surface area contributed by atoms with Crippen LogP contribution < -0.4 is 5.32 Å². The van der Waals surface area contributed by atoms with E-state index in [1.54, 1.807) is 0 Å². The molecule has 1 heterocycles. The van der Waals surface area contributed by atoms with Gasteiger partial charge in [0.25, 0.3) is 0 Å². The first-order chi connectivity index (χ1) is 4.25. The highest BCUT2D eigenvalue weighted by molar-refractivity contribution is 5.85. The molecule has 62 valence electrons. The van der Waals surface area contributed by atoms with E-state index in [-0.39, 0.29) is 18.4 Å². The first-order valence-electron chi connectivity index (χ1n) is 3.10. The van der Waals surface area contributed by atoms with Crippen molar-refractivity contribution >= 4 is 12.4 Å². The number of hydrogen-bond acceptors (Lipinski definition) is 1. The second kappa shape index (κ2) is 3.49. The van der Waals surface area contributed by atoms with Crippen molar-refractivity contribution in [1.29, 1.82) is 0 Å². The summed E-state index contributed by atoms with van der Waals surface area (Å²) in [6.07, 6.45) is 0. The molecular formula is C6H12ClF2N. The van der Waals surface area contributed by atoms with Crippen molar-refractivity contribution in [3.8, 4) is 0 Å². The zero-order chi connectivity index (χ0) is 6.91. The third-order valence-corrected chi connectivity index (χ3v) is 2.21. The van der Waals surface area contributed by atoms with Crippen molar-refractivity contribution in [2.45, 2.75) is 13.0 Å². The zero-order valence-corrected chi connectivity index (χ0v) is 6.68. The minimum absolute atomic E-state index is 0. The molecule has 0 spiro atoms. The van der Waals surface area contributed by atoms with E-state index in [0.717, 1.165) is 0 Å². The van der Waals surface area contributed by atoms with Crippen LogP contribution in [0.25, 0.3) is 0 Å². The maximum atomic E-state index is 12.1. The molecule has 1 saturated heterocycles. The summed E-state index contributed by atoms with van der Waals surface area (Å²) in [4.78, 5) is 0. The molecule has 0 aromatic heterocycles. The monoisotopic (exact) mass is 171 g/mol. The molecule has 1 unspecified atom stereocenters. The zero-order valence-electron chi connectivity index (χ0n) is 5.86. The van der Waals surface area contributed by atoms with Gasteiger partial charge in [-0.25, -0.2) is 0 Å². The lowest BCUT2D eigenvalue weighted by molar-refractivity contribution is 0.0330. The molecule has 1 fully saturated rings. The Kier molecular flexibility index (Phi) is 3.52. The summed E-state index contributed by atoms with van der Waals surface area (Å²) in [7, 11) is 0. The highest BCUT2D eigenvalue weighted by Crippen LogP contribution is 2.30. The maximum Gasteiger partial charge on any atom is 0.100 e. The average molecular weight is 172 g/mol. The van der Waals surface area contributed by atoms with Gasteiger partial charge in [0.05, 0.1) is 5.41 Å². The quantitative estimate of drug-likeness (QED) is 0.661. The van der Waals surface area contributed by atoms with Gasteiger partial charge in [-0.2, -0.15) is 0 Å². The Morgan fingerprint density at radius 3 is 2.00 bits per heavy atom. The Hall–Kier alpha value is 0.110. The highest BCUT2D eigenvalue weighted by atomic mass is 35.5. The van der Waals surface area contributed by atoms with Crippen LogP contribution in [0.4, 0.5) is 8.78 Å². The fourth-order valence-corrected chi connectivity index (χ4v) is 0.957. The molecule has 10 heavy (non-hydrogen) atoms. The lowest BCUT2D eigenvalue weighted by Gasteiger charge is -2.45. The van der Waals surface area contributed by atoms with Crippen LogP contribution in [0, 0.1) is 5.41 Å². The average Bonchev–Trinajstić information content (AvgIpc) is 1.89. The molecule has 1 aliphatic rings. The van der Waals surface area contributed by atoms with E-state index in [0.29, 0.717) is 6.54 Å². The Labute approximate surface area is 65.6 Å². The number of rotatable bonds is 2. The normalized spacial score (nSPS) is 28.5. The molecule has 1 nitrogen and oxygen atoms in total. The summed E-state index contributed by atoms with van der Waals surface area (Å²) in [5, 5.41) is 2.92. The SMILES string of the molecule is CC1NCC1(CF)CF.Cl. The van der Waals surface area contributed by atoms with Gasteiger partial charge in [0.15, 0.2) is 0 Å². The first kappa shape index (κ1) is 10.1. The topological polar surface area (TPSA) is 12.0 Å². The number of hydrogen-bond donors (Lipinski definition) is 1. The smallest absolute Gasteiger partial charge is 0.100 e.